The molecule has 7 nitrogen and oxygen atoms in total. The van der Waals surface area contributed by atoms with E-state index in [1.165, 1.54) is 14.1 Å². The molecule has 0 radical (unpaired) electrons. The summed E-state index contributed by atoms with van der Waals surface area (Å²) in [5, 5.41) is -0.109. The van der Waals surface area contributed by atoms with Crippen LogP contribution in [0.5, 0.6) is 0 Å². The van der Waals surface area contributed by atoms with Crippen LogP contribution in [0.15, 0.2) is 20.7 Å². The summed E-state index contributed by atoms with van der Waals surface area (Å²) in [6, 6.07) is 0. The van der Waals surface area contributed by atoms with Crippen LogP contribution < -0.4 is 16.8 Å². The first-order valence-corrected chi connectivity index (χ1v) is 4.17. The summed E-state index contributed by atoms with van der Waals surface area (Å²) in [6.07, 6.45) is 1.16. The summed E-state index contributed by atoms with van der Waals surface area (Å²) >= 11 is 0. The fourth-order valence-corrected chi connectivity index (χ4v) is 1.41. The summed E-state index contributed by atoms with van der Waals surface area (Å²) in [5.74, 6) is 0. The van der Waals surface area contributed by atoms with Crippen molar-refractivity contribution in [2.24, 2.45) is 14.1 Å². The topological polar surface area (TPSA) is 89.8 Å². The zero-order chi connectivity index (χ0) is 11.2. The lowest BCUT2D eigenvalue weighted by atomic mass is 10.4. The molecule has 15 heavy (non-hydrogen) atoms. The van der Waals surface area contributed by atoms with Gasteiger partial charge in [-0.2, -0.15) is 0 Å². The van der Waals surface area contributed by atoms with Gasteiger partial charge >= 0.3 is 5.69 Å². The van der Waals surface area contributed by atoms with Crippen LogP contribution in [-0.4, -0.2) is 19.1 Å². The number of fused-ring (bicyclic) bond motifs is 1. The van der Waals surface area contributed by atoms with Crippen LogP contribution in [-0.2, 0) is 14.1 Å². The fourth-order valence-electron chi connectivity index (χ4n) is 1.41. The predicted octanol–water partition coefficient (Wildman–Crippen LogP) is -1.68. The molecule has 0 aromatic carbocycles. The van der Waals surface area contributed by atoms with E-state index in [1.807, 2.05) is 0 Å². The fraction of sp³-hybridized carbons (Fsp3) is 0.250. The molecule has 0 aliphatic rings. The highest BCUT2D eigenvalue weighted by molar-refractivity contribution is 5.71. The molecule has 0 aliphatic carbocycles. The first-order chi connectivity index (χ1) is 7.04. The number of aromatic nitrogens is 4. The lowest BCUT2D eigenvalue weighted by Gasteiger charge is -2.04. The highest BCUT2D eigenvalue weighted by atomic mass is 16.2. The predicted molar refractivity (Wildman–Crippen MR) is 52.8 cm³/mol. The van der Waals surface area contributed by atoms with Crippen molar-refractivity contribution < 1.29 is 0 Å². The minimum atomic E-state index is -0.637. The van der Waals surface area contributed by atoms with E-state index in [1.54, 1.807) is 0 Å². The lowest BCUT2D eigenvalue weighted by Crippen LogP contribution is -2.39. The van der Waals surface area contributed by atoms with E-state index < -0.39 is 16.8 Å². The van der Waals surface area contributed by atoms with Crippen LogP contribution in [0.2, 0.25) is 0 Å². The third-order valence-electron chi connectivity index (χ3n) is 2.24. The summed E-state index contributed by atoms with van der Waals surface area (Å²) in [4.78, 5) is 40.6. The minimum Gasteiger partial charge on any atom is -0.312 e. The molecule has 0 bridgehead atoms. The molecule has 0 aliphatic heterocycles. The SMILES string of the molecule is Cn1c(=O)c2c(=O)[nH]cnc2n(C)c1=O. The number of H-pyrrole nitrogens is 1. The Morgan fingerprint density at radius 3 is 2.53 bits per heavy atom. The maximum Gasteiger partial charge on any atom is 0.332 e. The molecule has 0 saturated carbocycles. The van der Waals surface area contributed by atoms with E-state index in [0.29, 0.717) is 0 Å². The van der Waals surface area contributed by atoms with Crippen molar-refractivity contribution in [1.82, 2.24) is 19.1 Å². The quantitative estimate of drug-likeness (QED) is 0.560. The Kier molecular flexibility index (Phi) is 1.82. The molecule has 1 N–H and O–H groups in total. The number of rotatable bonds is 0. The molecule has 0 saturated heterocycles. The molecule has 0 spiro atoms. The molecular weight excluding hydrogens is 200 g/mol. The first kappa shape index (κ1) is 9.38. The van der Waals surface area contributed by atoms with Crippen molar-refractivity contribution in [3.8, 4) is 0 Å². The molecule has 0 amide bonds. The van der Waals surface area contributed by atoms with E-state index in [4.69, 9.17) is 0 Å². The van der Waals surface area contributed by atoms with Crippen LogP contribution in [0, 0.1) is 0 Å². The van der Waals surface area contributed by atoms with Gasteiger partial charge in [0.2, 0.25) is 0 Å². The van der Waals surface area contributed by atoms with Gasteiger partial charge in [-0.25, -0.2) is 9.78 Å². The van der Waals surface area contributed by atoms with Crippen LogP contribution in [0.1, 0.15) is 0 Å². The third-order valence-corrected chi connectivity index (χ3v) is 2.24. The van der Waals surface area contributed by atoms with Gasteiger partial charge in [-0.3, -0.25) is 18.7 Å². The molecule has 2 aromatic heterocycles. The largest absolute Gasteiger partial charge is 0.332 e. The zero-order valence-corrected chi connectivity index (χ0v) is 8.14. The summed E-state index contributed by atoms with van der Waals surface area (Å²) in [7, 11) is 2.77. The Bertz CT molecular complexity index is 706. The van der Waals surface area contributed by atoms with Crippen molar-refractivity contribution in [2.45, 2.75) is 0 Å². The maximum absolute atomic E-state index is 11.6. The van der Waals surface area contributed by atoms with Gasteiger partial charge in [-0.05, 0) is 0 Å². The molecule has 0 fully saturated rings. The van der Waals surface area contributed by atoms with Crippen LogP contribution in [0.25, 0.3) is 11.0 Å². The second kappa shape index (κ2) is 2.91. The van der Waals surface area contributed by atoms with E-state index in [0.717, 1.165) is 15.5 Å². The average molecular weight is 208 g/mol. The number of hydrogen-bond acceptors (Lipinski definition) is 4. The summed E-state index contributed by atoms with van der Waals surface area (Å²) in [5.41, 5.74) is -1.60. The Balaban J connectivity index is 3.31. The van der Waals surface area contributed by atoms with Crippen LogP contribution in [0.3, 0.4) is 0 Å². The van der Waals surface area contributed by atoms with Gasteiger partial charge in [0.05, 0.1) is 6.33 Å². The first-order valence-electron chi connectivity index (χ1n) is 4.17. The number of aromatic amines is 1. The van der Waals surface area contributed by atoms with E-state index in [-0.39, 0.29) is 11.0 Å². The Morgan fingerprint density at radius 1 is 1.20 bits per heavy atom. The van der Waals surface area contributed by atoms with Crippen molar-refractivity contribution >= 4 is 11.0 Å². The van der Waals surface area contributed by atoms with Crippen LogP contribution in [0.4, 0.5) is 0 Å². The van der Waals surface area contributed by atoms with Gasteiger partial charge in [-0.15, -0.1) is 0 Å². The Labute approximate surface area is 82.6 Å². The highest BCUT2D eigenvalue weighted by Crippen LogP contribution is 1.93. The zero-order valence-electron chi connectivity index (χ0n) is 8.14. The summed E-state index contributed by atoms with van der Waals surface area (Å²) < 4.78 is 2.03. The van der Waals surface area contributed by atoms with Gasteiger partial charge in [0, 0.05) is 14.1 Å². The van der Waals surface area contributed by atoms with E-state index in [9.17, 15) is 14.4 Å². The molecule has 0 atom stereocenters. The monoisotopic (exact) mass is 208 g/mol. The molecule has 7 heteroatoms. The van der Waals surface area contributed by atoms with Crippen molar-refractivity contribution in [3.63, 3.8) is 0 Å². The third kappa shape index (κ3) is 1.13. The molecule has 0 unspecified atom stereocenters. The molecule has 2 rings (SSSR count). The van der Waals surface area contributed by atoms with Gasteiger partial charge in [-0.1, -0.05) is 0 Å². The molecular formula is C8H8N4O3. The summed E-state index contributed by atoms with van der Waals surface area (Å²) in [6.45, 7) is 0. The lowest BCUT2D eigenvalue weighted by molar-refractivity contribution is 0.705. The van der Waals surface area contributed by atoms with Gasteiger partial charge in [0.1, 0.15) is 5.39 Å². The van der Waals surface area contributed by atoms with Gasteiger partial charge < -0.3 is 4.98 Å². The van der Waals surface area contributed by atoms with Gasteiger partial charge in [0.15, 0.2) is 5.65 Å². The highest BCUT2D eigenvalue weighted by Gasteiger charge is 2.11. The number of nitrogens with zero attached hydrogens (tertiary/aromatic N) is 3. The van der Waals surface area contributed by atoms with Crippen molar-refractivity contribution in [2.75, 3.05) is 0 Å². The number of aryl methyl sites for hydroxylation is 1. The normalized spacial score (nSPS) is 10.8. The average Bonchev–Trinajstić information content (AvgIpc) is 2.23. The van der Waals surface area contributed by atoms with Gasteiger partial charge in [0.25, 0.3) is 11.1 Å². The maximum atomic E-state index is 11.6. The smallest absolute Gasteiger partial charge is 0.312 e. The Morgan fingerprint density at radius 2 is 1.87 bits per heavy atom. The number of hydrogen-bond donors (Lipinski definition) is 1. The van der Waals surface area contributed by atoms with E-state index in [2.05, 4.69) is 9.97 Å². The minimum absolute atomic E-state index is 0.0897. The molecule has 2 heterocycles. The van der Waals surface area contributed by atoms with Crippen molar-refractivity contribution in [1.29, 1.82) is 0 Å². The molecule has 2 aromatic rings. The second-order valence-corrected chi connectivity index (χ2v) is 3.14. The number of nitrogens with one attached hydrogen (secondary N) is 1. The van der Waals surface area contributed by atoms with Crippen molar-refractivity contribution in [3.05, 3.63) is 37.5 Å². The Hall–Kier alpha value is -2.18. The van der Waals surface area contributed by atoms with E-state index >= 15 is 0 Å². The van der Waals surface area contributed by atoms with Crippen LogP contribution >= 0.6 is 0 Å². The molecule has 78 valence electrons. The standard InChI is InChI=1S/C8H8N4O3/c1-11-5-4(6(13)10-3-9-5)7(14)12(2)8(11)15/h3H,1-2H3,(H,9,10,13). The second-order valence-electron chi connectivity index (χ2n) is 3.14.